The Balaban J connectivity index is 1.96. The molecule has 0 aromatic heterocycles. The lowest BCUT2D eigenvalue weighted by Gasteiger charge is -2.15. The summed E-state index contributed by atoms with van der Waals surface area (Å²) in [5.74, 6) is 3.69. The number of thioether (sulfide) groups is 1. The lowest BCUT2D eigenvalue weighted by molar-refractivity contribution is 0.310. The molecule has 1 fully saturated rings. The van der Waals surface area contributed by atoms with E-state index in [2.05, 4.69) is 34.3 Å². The summed E-state index contributed by atoms with van der Waals surface area (Å²) < 4.78 is 11.0. The summed E-state index contributed by atoms with van der Waals surface area (Å²) >= 11 is 2.05. The zero-order valence-corrected chi connectivity index (χ0v) is 15.7. The predicted octanol–water partition coefficient (Wildman–Crippen LogP) is 3.04. The van der Waals surface area contributed by atoms with Crippen LogP contribution in [-0.2, 0) is 6.54 Å². The van der Waals surface area contributed by atoms with Gasteiger partial charge in [0.2, 0.25) is 0 Å². The van der Waals surface area contributed by atoms with Gasteiger partial charge in [-0.3, -0.25) is 0 Å². The van der Waals surface area contributed by atoms with Crippen LogP contribution in [0, 0.1) is 0 Å². The molecular weight excluding hydrogens is 322 g/mol. The maximum atomic E-state index is 5.55. The molecule has 1 aromatic rings. The molecule has 0 radical (unpaired) electrons. The zero-order chi connectivity index (χ0) is 17.2. The van der Waals surface area contributed by atoms with Crippen LogP contribution in [0.5, 0.6) is 11.5 Å². The minimum absolute atomic E-state index is 0.607. The molecule has 2 rings (SSSR count). The van der Waals surface area contributed by atoms with E-state index in [4.69, 9.17) is 9.47 Å². The van der Waals surface area contributed by atoms with Crippen molar-refractivity contribution in [1.82, 2.24) is 10.6 Å². The van der Waals surface area contributed by atoms with E-state index in [9.17, 15) is 0 Å². The summed E-state index contributed by atoms with van der Waals surface area (Å²) in [7, 11) is 1.66. The predicted molar refractivity (Wildman–Crippen MR) is 102 cm³/mol. The van der Waals surface area contributed by atoms with Crippen molar-refractivity contribution in [3.05, 3.63) is 23.8 Å². The van der Waals surface area contributed by atoms with Crippen molar-refractivity contribution in [2.45, 2.75) is 38.5 Å². The van der Waals surface area contributed by atoms with Crippen molar-refractivity contribution in [3.63, 3.8) is 0 Å². The first-order valence-electron chi connectivity index (χ1n) is 8.70. The summed E-state index contributed by atoms with van der Waals surface area (Å²) in [6, 6.07) is 5.97. The van der Waals surface area contributed by atoms with E-state index < -0.39 is 0 Å². The minimum atomic E-state index is 0.607. The van der Waals surface area contributed by atoms with Crippen molar-refractivity contribution in [2.75, 3.05) is 32.6 Å². The maximum Gasteiger partial charge on any atom is 0.191 e. The number of aliphatic imine (C=N–C) groups is 1. The van der Waals surface area contributed by atoms with Crippen LogP contribution < -0.4 is 20.1 Å². The Kier molecular flexibility index (Phi) is 8.08. The first-order valence-corrected chi connectivity index (χ1v) is 9.75. The molecule has 0 saturated carbocycles. The van der Waals surface area contributed by atoms with Crippen molar-refractivity contribution in [1.29, 1.82) is 0 Å². The van der Waals surface area contributed by atoms with Crippen LogP contribution >= 0.6 is 11.8 Å². The van der Waals surface area contributed by atoms with Gasteiger partial charge in [-0.2, -0.15) is 11.8 Å². The molecule has 1 aliphatic heterocycles. The number of guanidine groups is 1. The maximum absolute atomic E-state index is 5.55. The fourth-order valence-corrected chi connectivity index (χ4v) is 3.81. The molecule has 0 bridgehead atoms. The van der Waals surface area contributed by atoms with Gasteiger partial charge in [-0.15, -0.1) is 0 Å². The molecule has 24 heavy (non-hydrogen) atoms. The van der Waals surface area contributed by atoms with E-state index in [1.54, 1.807) is 7.11 Å². The Morgan fingerprint density at radius 2 is 2.17 bits per heavy atom. The van der Waals surface area contributed by atoms with E-state index >= 15 is 0 Å². The van der Waals surface area contributed by atoms with Gasteiger partial charge in [-0.25, -0.2) is 4.99 Å². The molecule has 1 saturated heterocycles. The smallest absolute Gasteiger partial charge is 0.191 e. The Bertz CT molecular complexity index is 531. The van der Waals surface area contributed by atoms with Gasteiger partial charge in [0.1, 0.15) is 0 Å². The van der Waals surface area contributed by atoms with Crippen molar-refractivity contribution >= 4 is 17.7 Å². The summed E-state index contributed by atoms with van der Waals surface area (Å²) in [4.78, 5) is 4.68. The third kappa shape index (κ3) is 5.82. The van der Waals surface area contributed by atoms with Gasteiger partial charge < -0.3 is 20.1 Å². The van der Waals surface area contributed by atoms with Crippen LogP contribution in [0.1, 0.15) is 32.3 Å². The van der Waals surface area contributed by atoms with E-state index in [0.717, 1.165) is 36.1 Å². The van der Waals surface area contributed by atoms with Crippen molar-refractivity contribution < 1.29 is 9.47 Å². The molecule has 0 spiro atoms. The van der Waals surface area contributed by atoms with E-state index in [1.807, 2.05) is 25.1 Å². The highest BCUT2D eigenvalue weighted by atomic mass is 32.2. The summed E-state index contributed by atoms with van der Waals surface area (Å²) in [6.45, 7) is 7.12. The molecule has 1 heterocycles. The van der Waals surface area contributed by atoms with Crippen LogP contribution in [0.15, 0.2) is 23.2 Å². The van der Waals surface area contributed by atoms with E-state index in [-0.39, 0.29) is 0 Å². The van der Waals surface area contributed by atoms with Crippen LogP contribution in [0.25, 0.3) is 0 Å². The van der Waals surface area contributed by atoms with Gasteiger partial charge >= 0.3 is 0 Å². The zero-order valence-electron chi connectivity index (χ0n) is 14.9. The third-order valence-electron chi connectivity index (χ3n) is 3.81. The molecule has 5 nitrogen and oxygen atoms in total. The SMILES string of the molecule is CCNC(=NCc1ccc(OCC)c(OC)c1)NCC1CCCS1. The third-order valence-corrected chi connectivity index (χ3v) is 5.21. The van der Waals surface area contributed by atoms with Gasteiger partial charge in [0.05, 0.1) is 20.3 Å². The molecular formula is C18H29N3O2S. The van der Waals surface area contributed by atoms with Crippen molar-refractivity contribution in [2.24, 2.45) is 4.99 Å². The Labute approximate surface area is 149 Å². The lowest BCUT2D eigenvalue weighted by Crippen LogP contribution is -2.40. The van der Waals surface area contributed by atoms with E-state index in [0.29, 0.717) is 18.4 Å². The number of hydrogen-bond donors (Lipinski definition) is 2. The van der Waals surface area contributed by atoms with Gasteiger partial charge in [0.25, 0.3) is 0 Å². The minimum Gasteiger partial charge on any atom is -0.493 e. The number of nitrogens with zero attached hydrogens (tertiary/aromatic N) is 1. The fourth-order valence-electron chi connectivity index (χ4n) is 2.61. The Morgan fingerprint density at radius 3 is 2.83 bits per heavy atom. The monoisotopic (exact) mass is 351 g/mol. The van der Waals surface area contributed by atoms with Gasteiger partial charge in [-0.05, 0) is 50.1 Å². The van der Waals surface area contributed by atoms with Crippen LogP contribution in [-0.4, -0.2) is 43.8 Å². The van der Waals surface area contributed by atoms with Crippen LogP contribution in [0.4, 0.5) is 0 Å². The Hall–Kier alpha value is -1.56. The summed E-state index contributed by atoms with van der Waals surface area (Å²) in [6.07, 6.45) is 2.63. The second kappa shape index (κ2) is 10.3. The van der Waals surface area contributed by atoms with Crippen LogP contribution in [0.3, 0.4) is 0 Å². The normalized spacial score (nSPS) is 17.6. The largest absolute Gasteiger partial charge is 0.493 e. The van der Waals surface area contributed by atoms with Gasteiger partial charge in [0, 0.05) is 18.3 Å². The molecule has 1 atom stereocenters. The molecule has 1 unspecified atom stereocenters. The van der Waals surface area contributed by atoms with E-state index in [1.165, 1.54) is 18.6 Å². The standard InChI is InChI=1S/C18H29N3O2S/c1-4-19-18(21-13-15-7-6-10-24-15)20-12-14-8-9-16(23-5-2)17(11-14)22-3/h8-9,11,15H,4-7,10,12-13H2,1-3H3,(H2,19,20,21). The topological polar surface area (TPSA) is 54.9 Å². The lowest BCUT2D eigenvalue weighted by atomic mass is 10.2. The number of hydrogen-bond acceptors (Lipinski definition) is 4. The molecule has 0 aliphatic carbocycles. The fraction of sp³-hybridized carbons (Fsp3) is 0.611. The molecule has 1 aliphatic rings. The van der Waals surface area contributed by atoms with Gasteiger partial charge in [0.15, 0.2) is 17.5 Å². The molecule has 6 heteroatoms. The highest BCUT2D eigenvalue weighted by molar-refractivity contribution is 8.00. The molecule has 134 valence electrons. The quantitative estimate of drug-likeness (QED) is 0.557. The highest BCUT2D eigenvalue weighted by Crippen LogP contribution is 2.28. The van der Waals surface area contributed by atoms with Crippen LogP contribution in [0.2, 0.25) is 0 Å². The second-order valence-electron chi connectivity index (χ2n) is 5.63. The average molecular weight is 352 g/mol. The summed E-state index contributed by atoms with van der Waals surface area (Å²) in [5.41, 5.74) is 1.10. The van der Waals surface area contributed by atoms with Gasteiger partial charge in [-0.1, -0.05) is 6.07 Å². The second-order valence-corrected chi connectivity index (χ2v) is 7.04. The Morgan fingerprint density at radius 1 is 1.29 bits per heavy atom. The summed E-state index contributed by atoms with van der Waals surface area (Å²) in [5, 5.41) is 7.47. The number of benzene rings is 1. The van der Waals surface area contributed by atoms with Crippen molar-refractivity contribution in [3.8, 4) is 11.5 Å². The molecule has 0 amide bonds. The first-order chi connectivity index (χ1) is 11.8. The molecule has 1 aromatic carbocycles. The number of nitrogens with one attached hydrogen (secondary N) is 2. The number of ether oxygens (including phenoxy) is 2. The number of rotatable bonds is 8. The molecule has 2 N–H and O–H groups in total. The average Bonchev–Trinajstić information content (AvgIpc) is 3.12. The first kappa shape index (κ1) is 18.8. The highest BCUT2D eigenvalue weighted by Gasteiger charge is 2.15. The number of methoxy groups -OCH3 is 1.